The number of rotatable bonds is 4. The number of anilines is 1. The third-order valence-corrected chi connectivity index (χ3v) is 4.39. The average molecular weight is 265 g/mol. The molecule has 1 atom stereocenters. The number of amides is 1. The second-order valence-corrected chi connectivity index (χ2v) is 5.69. The fraction of sp³-hybridized carbons (Fsp3) is 0.500. The molecule has 98 valence electrons. The van der Waals surface area contributed by atoms with Gasteiger partial charge in [0.1, 0.15) is 5.75 Å². The zero-order valence-corrected chi connectivity index (χ0v) is 11.5. The third kappa shape index (κ3) is 3.67. The standard InChI is InChI=1S/C14H19NO2S/c1-17-13-7-3-2-6-12(13)15-14(16)9-11-5-4-8-18-10-11/h2-3,6-7,11H,4-5,8-10H2,1H3,(H,15,16). The Kier molecular flexibility index (Phi) is 4.93. The van der Waals surface area contributed by atoms with Crippen molar-refractivity contribution < 1.29 is 9.53 Å². The van der Waals surface area contributed by atoms with Crippen molar-refractivity contribution in [3.8, 4) is 5.75 Å². The Labute approximate surface area is 112 Å². The molecule has 0 aromatic heterocycles. The zero-order chi connectivity index (χ0) is 12.8. The summed E-state index contributed by atoms with van der Waals surface area (Å²) in [5.41, 5.74) is 0.758. The first-order valence-electron chi connectivity index (χ1n) is 6.30. The van der Waals surface area contributed by atoms with E-state index in [0.29, 0.717) is 18.1 Å². The van der Waals surface area contributed by atoms with E-state index < -0.39 is 0 Å². The van der Waals surface area contributed by atoms with Gasteiger partial charge in [0.2, 0.25) is 5.91 Å². The van der Waals surface area contributed by atoms with Gasteiger partial charge < -0.3 is 10.1 Å². The van der Waals surface area contributed by atoms with Crippen LogP contribution in [0.5, 0.6) is 5.75 Å². The highest BCUT2D eigenvalue weighted by Crippen LogP contribution is 2.27. The largest absolute Gasteiger partial charge is 0.495 e. The number of nitrogens with one attached hydrogen (secondary N) is 1. The fourth-order valence-corrected chi connectivity index (χ4v) is 3.34. The fourth-order valence-electron chi connectivity index (χ4n) is 2.18. The minimum atomic E-state index is 0.0898. The number of carbonyl (C=O) groups is 1. The molecule has 0 bridgehead atoms. The van der Waals surface area contributed by atoms with E-state index in [1.165, 1.54) is 18.6 Å². The molecule has 18 heavy (non-hydrogen) atoms. The first-order chi connectivity index (χ1) is 8.79. The van der Waals surface area contributed by atoms with Crippen molar-refractivity contribution >= 4 is 23.4 Å². The molecule has 1 amide bonds. The summed E-state index contributed by atoms with van der Waals surface area (Å²) in [6, 6.07) is 7.51. The molecule has 1 aromatic carbocycles. The van der Waals surface area contributed by atoms with Crippen LogP contribution in [-0.4, -0.2) is 24.5 Å². The van der Waals surface area contributed by atoms with Crippen molar-refractivity contribution in [3.05, 3.63) is 24.3 Å². The van der Waals surface area contributed by atoms with Crippen molar-refractivity contribution in [1.82, 2.24) is 0 Å². The molecule has 1 aromatic rings. The normalized spacial score (nSPS) is 19.3. The van der Waals surface area contributed by atoms with Gasteiger partial charge in [-0.3, -0.25) is 4.79 Å². The lowest BCUT2D eigenvalue weighted by atomic mass is 10.0. The molecule has 2 rings (SSSR count). The molecule has 0 saturated carbocycles. The number of hydrogen-bond acceptors (Lipinski definition) is 3. The zero-order valence-electron chi connectivity index (χ0n) is 10.6. The highest BCUT2D eigenvalue weighted by molar-refractivity contribution is 7.99. The smallest absolute Gasteiger partial charge is 0.224 e. The molecule has 0 aliphatic carbocycles. The predicted molar refractivity (Wildman–Crippen MR) is 76.3 cm³/mol. The predicted octanol–water partition coefficient (Wildman–Crippen LogP) is 3.17. The van der Waals surface area contributed by atoms with Gasteiger partial charge in [0.25, 0.3) is 0 Å². The number of carbonyl (C=O) groups excluding carboxylic acids is 1. The van der Waals surface area contributed by atoms with Crippen molar-refractivity contribution in [1.29, 1.82) is 0 Å². The quantitative estimate of drug-likeness (QED) is 0.908. The Bertz CT molecular complexity index is 403. The van der Waals surface area contributed by atoms with E-state index in [1.54, 1.807) is 7.11 Å². The van der Waals surface area contributed by atoms with E-state index in [9.17, 15) is 4.79 Å². The van der Waals surface area contributed by atoms with E-state index in [1.807, 2.05) is 36.0 Å². The van der Waals surface area contributed by atoms with Gasteiger partial charge in [-0.25, -0.2) is 0 Å². The summed E-state index contributed by atoms with van der Waals surface area (Å²) in [6.07, 6.45) is 3.02. The summed E-state index contributed by atoms with van der Waals surface area (Å²) in [5.74, 6) is 3.68. The molecule has 1 fully saturated rings. The highest BCUT2D eigenvalue weighted by Gasteiger charge is 2.18. The number of thioether (sulfide) groups is 1. The summed E-state index contributed by atoms with van der Waals surface area (Å²) in [6.45, 7) is 0. The number of benzene rings is 1. The van der Waals surface area contributed by atoms with Gasteiger partial charge >= 0.3 is 0 Å². The molecule has 1 heterocycles. The number of methoxy groups -OCH3 is 1. The van der Waals surface area contributed by atoms with E-state index in [-0.39, 0.29) is 5.91 Å². The van der Waals surface area contributed by atoms with Crippen LogP contribution in [0.3, 0.4) is 0 Å². The third-order valence-electron chi connectivity index (χ3n) is 3.11. The van der Waals surface area contributed by atoms with E-state index in [0.717, 1.165) is 11.4 Å². The molecule has 1 aliphatic heterocycles. The average Bonchev–Trinajstić information content (AvgIpc) is 2.40. The second kappa shape index (κ2) is 6.69. The van der Waals surface area contributed by atoms with Gasteiger partial charge in [0.15, 0.2) is 0 Å². The lowest BCUT2D eigenvalue weighted by Crippen LogP contribution is -2.20. The summed E-state index contributed by atoms with van der Waals surface area (Å²) < 4.78 is 5.22. The van der Waals surface area contributed by atoms with Crippen LogP contribution in [0.15, 0.2) is 24.3 Å². The summed E-state index contributed by atoms with van der Waals surface area (Å²) in [4.78, 5) is 12.0. The molecule has 0 spiro atoms. The van der Waals surface area contributed by atoms with E-state index >= 15 is 0 Å². The molecule has 1 aliphatic rings. The summed E-state index contributed by atoms with van der Waals surface area (Å²) in [7, 11) is 1.61. The second-order valence-electron chi connectivity index (χ2n) is 4.54. The maximum Gasteiger partial charge on any atom is 0.224 e. The van der Waals surface area contributed by atoms with Gasteiger partial charge in [0, 0.05) is 6.42 Å². The summed E-state index contributed by atoms with van der Waals surface area (Å²) >= 11 is 1.95. The maximum atomic E-state index is 12.0. The minimum Gasteiger partial charge on any atom is -0.495 e. The van der Waals surface area contributed by atoms with Gasteiger partial charge in [-0.2, -0.15) is 11.8 Å². The molecular formula is C14H19NO2S. The monoisotopic (exact) mass is 265 g/mol. The van der Waals surface area contributed by atoms with Crippen molar-refractivity contribution in [2.24, 2.45) is 5.92 Å². The Hall–Kier alpha value is -1.16. The molecule has 3 nitrogen and oxygen atoms in total. The topological polar surface area (TPSA) is 38.3 Å². The Morgan fingerprint density at radius 3 is 3.06 bits per heavy atom. The lowest BCUT2D eigenvalue weighted by Gasteiger charge is -2.20. The van der Waals surface area contributed by atoms with Crippen molar-refractivity contribution in [3.63, 3.8) is 0 Å². The Morgan fingerprint density at radius 1 is 1.50 bits per heavy atom. The van der Waals surface area contributed by atoms with Crippen LogP contribution in [-0.2, 0) is 4.79 Å². The van der Waals surface area contributed by atoms with E-state index in [2.05, 4.69) is 5.32 Å². The highest BCUT2D eigenvalue weighted by atomic mass is 32.2. The Morgan fingerprint density at radius 2 is 2.33 bits per heavy atom. The first-order valence-corrected chi connectivity index (χ1v) is 7.45. The van der Waals surface area contributed by atoms with Gasteiger partial charge in [-0.05, 0) is 42.4 Å². The van der Waals surface area contributed by atoms with Crippen LogP contribution in [0.2, 0.25) is 0 Å². The van der Waals surface area contributed by atoms with E-state index in [4.69, 9.17) is 4.74 Å². The van der Waals surface area contributed by atoms with Gasteiger partial charge in [-0.15, -0.1) is 0 Å². The van der Waals surface area contributed by atoms with Crippen LogP contribution in [0.25, 0.3) is 0 Å². The molecule has 1 saturated heterocycles. The number of ether oxygens (including phenoxy) is 1. The number of para-hydroxylation sites is 2. The molecule has 1 unspecified atom stereocenters. The maximum absolute atomic E-state index is 12.0. The number of hydrogen-bond donors (Lipinski definition) is 1. The van der Waals surface area contributed by atoms with Crippen molar-refractivity contribution in [2.45, 2.75) is 19.3 Å². The Balaban J connectivity index is 1.90. The summed E-state index contributed by atoms with van der Waals surface area (Å²) in [5, 5.41) is 2.94. The molecular weight excluding hydrogens is 246 g/mol. The first kappa shape index (κ1) is 13.3. The van der Waals surface area contributed by atoms with Crippen LogP contribution in [0, 0.1) is 5.92 Å². The molecule has 4 heteroatoms. The van der Waals surface area contributed by atoms with Crippen LogP contribution < -0.4 is 10.1 Å². The van der Waals surface area contributed by atoms with Crippen LogP contribution in [0.1, 0.15) is 19.3 Å². The molecule has 1 N–H and O–H groups in total. The van der Waals surface area contributed by atoms with Gasteiger partial charge in [-0.1, -0.05) is 12.1 Å². The minimum absolute atomic E-state index is 0.0898. The van der Waals surface area contributed by atoms with Crippen molar-refractivity contribution in [2.75, 3.05) is 23.9 Å². The lowest BCUT2D eigenvalue weighted by molar-refractivity contribution is -0.117. The van der Waals surface area contributed by atoms with Crippen LogP contribution in [0.4, 0.5) is 5.69 Å². The van der Waals surface area contributed by atoms with Gasteiger partial charge in [0.05, 0.1) is 12.8 Å². The SMILES string of the molecule is COc1ccccc1NC(=O)CC1CCCSC1. The molecule has 0 radical (unpaired) electrons. The van der Waals surface area contributed by atoms with Crippen LogP contribution >= 0.6 is 11.8 Å².